The highest BCUT2D eigenvalue weighted by atomic mass is 32.1. The molecule has 0 unspecified atom stereocenters. The average molecular weight is 332 g/mol. The summed E-state index contributed by atoms with van der Waals surface area (Å²) >= 11 is 5.63. The van der Waals surface area contributed by atoms with Crippen LogP contribution in [0.2, 0.25) is 0 Å². The fourth-order valence-electron chi connectivity index (χ4n) is 4.13. The standard InChI is InChI=1S/C18H24N2O2S/c23-18(20-8-7-14-3-1-2-4-15(14)11-20)19-10-13-5-6-16-17(9-13)22-12-21-16/h5-6,9,14-15H,1-4,7-8,10-12H2,(H,19,23)/t14-,15+/m0/s1. The fourth-order valence-corrected chi connectivity index (χ4v) is 4.36. The zero-order chi connectivity index (χ0) is 15.6. The van der Waals surface area contributed by atoms with Crippen molar-refractivity contribution in [3.8, 4) is 11.5 Å². The molecule has 1 N–H and O–H groups in total. The highest BCUT2D eigenvalue weighted by molar-refractivity contribution is 7.80. The van der Waals surface area contributed by atoms with Crippen LogP contribution in [0, 0.1) is 11.8 Å². The Balaban J connectivity index is 1.31. The first-order valence-corrected chi connectivity index (χ1v) is 9.12. The monoisotopic (exact) mass is 332 g/mol. The van der Waals surface area contributed by atoms with Gasteiger partial charge in [0.25, 0.3) is 0 Å². The van der Waals surface area contributed by atoms with E-state index in [4.69, 9.17) is 21.7 Å². The maximum absolute atomic E-state index is 5.63. The van der Waals surface area contributed by atoms with Crippen LogP contribution in [0.5, 0.6) is 11.5 Å². The summed E-state index contributed by atoms with van der Waals surface area (Å²) in [5, 5.41) is 4.31. The minimum absolute atomic E-state index is 0.320. The van der Waals surface area contributed by atoms with Gasteiger partial charge in [-0.3, -0.25) is 0 Å². The van der Waals surface area contributed by atoms with Crippen molar-refractivity contribution in [2.45, 2.75) is 38.6 Å². The fraction of sp³-hybridized carbons (Fsp3) is 0.611. The van der Waals surface area contributed by atoms with Crippen LogP contribution in [0.15, 0.2) is 18.2 Å². The number of rotatable bonds is 2. The molecule has 1 aliphatic carbocycles. The number of nitrogens with one attached hydrogen (secondary N) is 1. The largest absolute Gasteiger partial charge is 0.454 e. The van der Waals surface area contributed by atoms with Crippen LogP contribution < -0.4 is 14.8 Å². The topological polar surface area (TPSA) is 33.7 Å². The Kier molecular flexibility index (Phi) is 4.29. The van der Waals surface area contributed by atoms with Crippen molar-refractivity contribution in [1.29, 1.82) is 0 Å². The van der Waals surface area contributed by atoms with Gasteiger partial charge in [0.2, 0.25) is 6.79 Å². The molecule has 2 heterocycles. The number of likely N-dealkylation sites (tertiary alicyclic amines) is 1. The van der Waals surface area contributed by atoms with Crippen LogP contribution in [0.1, 0.15) is 37.7 Å². The summed E-state index contributed by atoms with van der Waals surface area (Å²) in [6.45, 7) is 3.30. The molecule has 2 atom stereocenters. The molecule has 1 aromatic rings. The molecule has 0 aromatic heterocycles. The maximum Gasteiger partial charge on any atom is 0.231 e. The first kappa shape index (κ1) is 15.1. The third-order valence-electron chi connectivity index (χ3n) is 5.46. The predicted molar refractivity (Wildman–Crippen MR) is 93.6 cm³/mol. The summed E-state index contributed by atoms with van der Waals surface area (Å²) in [7, 11) is 0. The minimum atomic E-state index is 0.320. The Morgan fingerprint density at radius 2 is 1.96 bits per heavy atom. The first-order chi connectivity index (χ1) is 11.3. The summed E-state index contributed by atoms with van der Waals surface area (Å²) in [6, 6.07) is 6.07. The molecule has 1 aromatic carbocycles. The van der Waals surface area contributed by atoms with Gasteiger partial charge >= 0.3 is 0 Å². The lowest BCUT2D eigenvalue weighted by molar-refractivity contribution is 0.129. The second-order valence-corrected chi connectivity index (χ2v) is 7.27. The molecule has 124 valence electrons. The zero-order valence-electron chi connectivity index (χ0n) is 13.4. The molecule has 4 nitrogen and oxygen atoms in total. The maximum atomic E-state index is 5.63. The predicted octanol–water partition coefficient (Wildman–Crippen LogP) is 3.30. The lowest BCUT2D eigenvalue weighted by atomic mass is 9.75. The third kappa shape index (κ3) is 3.25. The number of hydrogen-bond donors (Lipinski definition) is 1. The van der Waals surface area contributed by atoms with Gasteiger partial charge in [0.15, 0.2) is 16.6 Å². The van der Waals surface area contributed by atoms with Crippen molar-refractivity contribution in [2.24, 2.45) is 11.8 Å². The summed E-state index contributed by atoms with van der Waals surface area (Å²) in [6.07, 6.45) is 6.93. The summed E-state index contributed by atoms with van der Waals surface area (Å²) in [5.41, 5.74) is 1.17. The van der Waals surface area contributed by atoms with E-state index in [-0.39, 0.29) is 0 Å². The number of benzene rings is 1. The van der Waals surface area contributed by atoms with Crippen LogP contribution in [-0.4, -0.2) is 29.9 Å². The van der Waals surface area contributed by atoms with Crippen LogP contribution in [-0.2, 0) is 6.54 Å². The normalized spacial score (nSPS) is 25.8. The summed E-state index contributed by atoms with van der Waals surface area (Å²) in [5.74, 6) is 3.45. The van der Waals surface area contributed by atoms with Gasteiger partial charge in [-0.05, 0) is 54.6 Å². The van der Waals surface area contributed by atoms with Crippen LogP contribution in [0.4, 0.5) is 0 Å². The zero-order valence-corrected chi connectivity index (χ0v) is 14.2. The molecule has 0 bridgehead atoms. The van der Waals surface area contributed by atoms with Gasteiger partial charge in [-0.15, -0.1) is 0 Å². The highest BCUT2D eigenvalue weighted by Crippen LogP contribution is 2.36. The van der Waals surface area contributed by atoms with Crippen molar-refractivity contribution in [3.05, 3.63) is 23.8 Å². The van der Waals surface area contributed by atoms with Crippen molar-refractivity contribution in [1.82, 2.24) is 10.2 Å². The smallest absolute Gasteiger partial charge is 0.231 e. The van der Waals surface area contributed by atoms with E-state index in [2.05, 4.69) is 16.3 Å². The highest BCUT2D eigenvalue weighted by Gasteiger charge is 2.31. The molecule has 3 aliphatic rings. The van der Waals surface area contributed by atoms with E-state index in [1.54, 1.807) is 0 Å². The van der Waals surface area contributed by atoms with E-state index < -0.39 is 0 Å². The van der Waals surface area contributed by atoms with Crippen LogP contribution in [0.25, 0.3) is 0 Å². The van der Waals surface area contributed by atoms with Gasteiger partial charge in [-0.25, -0.2) is 0 Å². The molecule has 1 saturated heterocycles. The van der Waals surface area contributed by atoms with Crippen molar-refractivity contribution in [3.63, 3.8) is 0 Å². The van der Waals surface area contributed by atoms with Crippen molar-refractivity contribution in [2.75, 3.05) is 19.9 Å². The van der Waals surface area contributed by atoms with Gasteiger partial charge in [0, 0.05) is 19.6 Å². The molecule has 2 fully saturated rings. The van der Waals surface area contributed by atoms with E-state index in [1.807, 2.05) is 12.1 Å². The quantitative estimate of drug-likeness (QED) is 0.841. The van der Waals surface area contributed by atoms with E-state index in [1.165, 1.54) is 37.7 Å². The van der Waals surface area contributed by atoms with E-state index >= 15 is 0 Å². The van der Waals surface area contributed by atoms with Gasteiger partial charge in [0.1, 0.15) is 0 Å². The van der Waals surface area contributed by atoms with Crippen molar-refractivity contribution >= 4 is 17.3 Å². The molecule has 0 radical (unpaired) electrons. The van der Waals surface area contributed by atoms with Gasteiger partial charge in [-0.1, -0.05) is 25.3 Å². The lowest BCUT2D eigenvalue weighted by Crippen LogP contribution is -2.48. The molecule has 4 rings (SSSR count). The van der Waals surface area contributed by atoms with Crippen LogP contribution >= 0.6 is 12.2 Å². The SMILES string of the molecule is S=C(NCc1ccc2c(c1)OCO2)N1CC[C@@H]2CCCC[C@@H]2C1. The Labute approximate surface area is 143 Å². The van der Waals surface area contributed by atoms with E-state index in [0.717, 1.165) is 48.1 Å². The second kappa shape index (κ2) is 6.56. The Morgan fingerprint density at radius 3 is 2.87 bits per heavy atom. The molecule has 5 heteroatoms. The number of piperidine rings is 1. The number of hydrogen-bond acceptors (Lipinski definition) is 3. The van der Waals surface area contributed by atoms with Gasteiger partial charge in [0.05, 0.1) is 0 Å². The first-order valence-electron chi connectivity index (χ1n) is 8.71. The third-order valence-corrected chi connectivity index (χ3v) is 5.86. The van der Waals surface area contributed by atoms with Crippen LogP contribution in [0.3, 0.4) is 0 Å². The Hall–Kier alpha value is -1.49. The molecular formula is C18H24N2O2S. The molecular weight excluding hydrogens is 308 g/mol. The molecule has 23 heavy (non-hydrogen) atoms. The molecule has 2 aliphatic heterocycles. The number of ether oxygens (including phenoxy) is 2. The van der Waals surface area contributed by atoms with Gasteiger partial charge < -0.3 is 19.7 Å². The number of nitrogens with zero attached hydrogens (tertiary/aromatic N) is 1. The van der Waals surface area contributed by atoms with Gasteiger partial charge in [-0.2, -0.15) is 0 Å². The average Bonchev–Trinajstić information content (AvgIpc) is 3.07. The summed E-state index contributed by atoms with van der Waals surface area (Å²) in [4.78, 5) is 2.37. The molecule has 1 saturated carbocycles. The number of fused-ring (bicyclic) bond motifs is 2. The van der Waals surface area contributed by atoms with Crippen molar-refractivity contribution < 1.29 is 9.47 Å². The Morgan fingerprint density at radius 1 is 1.13 bits per heavy atom. The summed E-state index contributed by atoms with van der Waals surface area (Å²) < 4.78 is 10.8. The number of thiocarbonyl (C=S) groups is 1. The van der Waals surface area contributed by atoms with E-state index in [0.29, 0.717) is 6.79 Å². The molecule has 0 amide bonds. The minimum Gasteiger partial charge on any atom is -0.454 e. The Bertz CT molecular complexity index is 592. The van der Waals surface area contributed by atoms with E-state index in [9.17, 15) is 0 Å². The lowest BCUT2D eigenvalue weighted by Gasteiger charge is -2.42. The second-order valence-electron chi connectivity index (χ2n) is 6.89. The molecule has 0 spiro atoms.